The van der Waals surface area contributed by atoms with Crippen molar-refractivity contribution in [3.63, 3.8) is 0 Å². The first-order valence-corrected chi connectivity index (χ1v) is 10.2. The molecule has 1 aromatic heterocycles. The lowest BCUT2D eigenvalue weighted by Gasteiger charge is -2.20. The van der Waals surface area contributed by atoms with Gasteiger partial charge in [-0.3, -0.25) is 4.99 Å². The van der Waals surface area contributed by atoms with Crippen LogP contribution in [0.2, 0.25) is 5.02 Å². The number of nitrogens with zero attached hydrogens (tertiary/aromatic N) is 4. The van der Waals surface area contributed by atoms with Crippen molar-refractivity contribution in [2.24, 2.45) is 4.99 Å². The van der Waals surface area contributed by atoms with E-state index in [2.05, 4.69) is 30.4 Å². The average molecular weight is 379 g/mol. The zero-order chi connectivity index (χ0) is 18.2. The lowest BCUT2D eigenvalue weighted by Crippen LogP contribution is -2.45. The Labute approximate surface area is 162 Å². The van der Waals surface area contributed by atoms with Crippen LogP contribution in [0.25, 0.3) is 0 Å². The number of nitrogens with one attached hydrogen (secondary N) is 2. The average Bonchev–Trinajstić information content (AvgIpc) is 3.33. The van der Waals surface area contributed by atoms with Crippen LogP contribution in [-0.2, 0) is 0 Å². The molecule has 26 heavy (non-hydrogen) atoms. The van der Waals surface area contributed by atoms with Gasteiger partial charge in [-0.2, -0.15) is 0 Å². The highest BCUT2D eigenvalue weighted by molar-refractivity contribution is 6.32. The minimum atomic E-state index is 0.365. The van der Waals surface area contributed by atoms with Crippen LogP contribution in [0.5, 0.6) is 0 Å². The van der Waals surface area contributed by atoms with E-state index in [-0.39, 0.29) is 0 Å². The summed E-state index contributed by atoms with van der Waals surface area (Å²) in [6.45, 7) is 6.63. The number of pyridine rings is 1. The number of guanidine groups is 1. The molecule has 3 rings (SSSR count). The Morgan fingerprint density at radius 1 is 1.31 bits per heavy atom. The topological polar surface area (TPSA) is 55.8 Å². The summed E-state index contributed by atoms with van der Waals surface area (Å²) in [4.78, 5) is 13.6. The molecule has 0 spiro atoms. The van der Waals surface area contributed by atoms with Gasteiger partial charge in [0.1, 0.15) is 5.82 Å². The van der Waals surface area contributed by atoms with Crippen molar-refractivity contribution in [1.82, 2.24) is 20.5 Å². The van der Waals surface area contributed by atoms with E-state index < -0.39 is 0 Å². The van der Waals surface area contributed by atoms with Crippen LogP contribution in [0.4, 0.5) is 5.82 Å². The molecule has 1 atom stereocenters. The molecule has 2 saturated heterocycles. The highest BCUT2D eigenvalue weighted by Crippen LogP contribution is 2.25. The molecule has 0 aromatic carbocycles. The van der Waals surface area contributed by atoms with Gasteiger partial charge in [0, 0.05) is 38.9 Å². The van der Waals surface area contributed by atoms with Gasteiger partial charge in [-0.25, -0.2) is 4.98 Å². The molecule has 6 nitrogen and oxygen atoms in total. The number of anilines is 1. The molecule has 3 heterocycles. The number of hydrogen-bond donors (Lipinski definition) is 2. The van der Waals surface area contributed by atoms with E-state index in [4.69, 9.17) is 11.6 Å². The largest absolute Gasteiger partial charge is 0.356 e. The summed E-state index contributed by atoms with van der Waals surface area (Å²) in [5, 5.41) is 7.70. The second-order valence-electron chi connectivity index (χ2n) is 7.14. The maximum absolute atomic E-state index is 6.27. The van der Waals surface area contributed by atoms with Crippen molar-refractivity contribution in [1.29, 1.82) is 0 Å². The molecule has 1 aromatic rings. The van der Waals surface area contributed by atoms with Crippen LogP contribution < -0.4 is 15.5 Å². The minimum absolute atomic E-state index is 0.365. The van der Waals surface area contributed by atoms with Crippen LogP contribution in [-0.4, -0.2) is 68.2 Å². The summed E-state index contributed by atoms with van der Waals surface area (Å²) in [6, 6.07) is 4.13. The summed E-state index contributed by atoms with van der Waals surface area (Å²) >= 11 is 6.27. The van der Waals surface area contributed by atoms with Crippen molar-refractivity contribution in [2.45, 2.75) is 38.1 Å². The Kier molecular flexibility index (Phi) is 7.38. The number of unbranched alkanes of at least 4 members (excludes halogenated alkanes) is 1. The Morgan fingerprint density at radius 3 is 2.92 bits per heavy atom. The second kappa shape index (κ2) is 9.97. The zero-order valence-electron chi connectivity index (χ0n) is 15.8. The molecule has 0 radical (unpaired) electrons. The molecule has 0 bridgehead atoms. The standard InChI is InChI=1S/C19H31ClN6/c1-21-19(23-9-2-3-11-25-12-4-5-13-25)24-16-8-14-26(15-16)18-17(20)7-6-10-22-18/h6-7,10,16H,2-5,8-9,11-15H2,1H3,(H2,21,23,24). The monoisotopic (exact) mass is 378 g/mol. The van der Waals surface area contributed by atoms with Gasteiger partial charge in [0.05, 0.1) is 5.02 Å². The van der Waals surface area contributed by atoms with Crippen molar-refractivity contribution in [3.8, 4) is 0 Å². The Balaban J connectivity index is 1.35. The minimum Gasteiger partial charge on any atom is -0.356 e. The van der Waals surface area contributed by atoms with E-state index in [1.165, 1.54) is 45.3 Å². The maximum atomic E-state index is 6.27. The molecule has 2 aliphatic heterocycles. The number of rotatable bonds is 7. The summed E-state index contributed by atoms with van der Waals surface area (Å²) in [6.07, 6.45) is 8.03. The molecule has 2 N–H and O–H groups in total. The second-order valence-corrected chi connectivity index (χ2v) is 7.55. The van der Waals surface area contributed by atoms with Crippen molar-refractivity contribution < 1.29 is 0 Å². The first-order chi connectivity index (χ1) is 12.8. The van der Waals surface area contributed by atoms with Crippen LogP contribution in [0.15, 0.2) is 23.3 Å². The molecule has 0 saturated carbocycles. The maximum Gasteiger partial charge on any atom is 0.191 e. The van der Waals surface area contributed by atoms with Gasteiger partial charge in [-0.15, -0.1) is 0 Å². The smallest absolute Gasteiger partial charge is 0.191 e. The summed E-state index contributed by atoms with van der Waals surface area (Å²) in [7, 11) is 1.84. The number of aromatic nitrogens is 1. The molecule has 0 amide bonds. The van der Waals surface area contributed by atoms with E-state index in [9.17, 15) is 0 Å². The number of aliphatic imine (C=N–C) groups is 1. The van der Waals surface area contributed by atoms with E-state index in [1.54, 1.807) is 6.20 Å². The highest BCUT2D eigenvalue weighted by Gasteiger charge is 2.25. The van der Waals surface area contributed by atoms with Crippen molar-refractivity contribution in [3.05, 3.63) is 23.4 Å². The predicted octanol–water partition coefficient (Wildman–Crippen LogP) is 2.35. The molecular weight excluding hydrogens is 348 g/mol. The Bertz CT molecular complexity index is 587. The third kappa shape index (κ3) is 5.48. The lowest BCUT2D eigenvalue weighted by molar-refractivity contribution is 0.330. The van der Waals surface area contributed by atoms with E-state index in [0.717, 1.165) is 37.8 Å². The van der Waals surface area contributed by atoms with Crippen LogP contribution in [0.1, 0.15) is 32.1 Å². The Hall–Kier alpha value is -1.53. The number of hydrogen-bond acceptors (Lipinski definition) is 4. The summed E-state index contributed by atoms with van der Waals surface area (Å²) in [5.74, 6) is 1.77. The van der Waals surface area contributed by atoms with E-state index in [0.29, 0.717) is 11.1 Å². The fraction of sp³-hybridized carbons (Fsp3) is 0.684. The van der Waals surface area contributed by atoms with Crippen LogP contribution in [0.3, 0.4) is 0 Å². The lowest BCUT2D eigenvalue weighted by atomic mass is 10.2. The predicted molar refractivity (Wildman–Crippen MR) is 109 cm³/mol. The van der Waals surface area contributed by atoms with Gasteiger partial charge in [0.2, 0.25) is 0 Å². The van der Waals surface area contributed by atoms with E-state index in [1.807, 2.05) is 19.2 Å². The molecule has 0 aliphatic carbocycles. The van der Waals surface area contributed by atoms with Gasteiger partial charge < -0.3 is 20.4 Å². The molecule has 2 fully saturated rings. The normalized spacial score (nSPS) is 21.4. The first-order valence-electron chi connectivity index (χ1n) is 9.81. The first kappa shape index (κ1) is 19.2. The third-order valence-electron chi connectivity index (χ3n) is 5.18. The van der Waals surface area contributed by atoms with Gasteiger partial charge in [0.25, 0.3) is 0 Å². The fourth-order valence-electron chi connectivity index (χ4n) is 3.74. The van der Waals surface area contributed by atoms with Gasteiger partial charge in [0.15, 0.2) is 5.96 Å². The van der Waals surface area contributed by atoms with E-state index >= 15 is 0 Å². The van der Waals surface area contributed by atoms with Gasteiger partial charge >= 0.3 is 0 Å². The summed E-state index contributed by atoms with van der Waals surface area (Å²) in [5.41, 5.74) is 0. The Morgan fingerprint density at radius 2 is 2.15 bits per heavy atom. The SMILES string of the molecule is CN=C(NCCCCN1CCCC1)NC1CCN(c2ncccc2Cl)C1. The van der Waals surface area contributed by atoms with Gasteiger partial charge in [-0.05, 0) is 63.9 Å². The van der Waals surface area contributed by atoms with Crippen molar-refractivity contribution >= 4 is 23.4 Å². The molecule has 144 valence electrons. The van der Waals surface area contributed by atoms with Gasteiger partial charge in [-0.1, -0.05) is 11.6 Å². The number of halogens is 1. The van der Waals surface area contributed by atoms with Crippen molar-refractivity contribution in [2.75, 3.05) is 51.2 Å². The molecule has 7 heteroatoms. The molecule has 1 unspecified atom stereocenters. The quantitative estimate of drug-likeness (QED) is 0.433. The molecular formula is C19H31ClN6. The van der Waals surface area contributed by atoms with Crippen LogP contribution >= 0.6 is 11.6 Å². The number of likely N-dealkylation sites (tertiary alicyclic amines) is 1. The highest BCUT2D eigenvalue weighted by atomic mass is 35.5. The third-order valence-corrected chi connectivity index (χ3v) is 5.48. The molecule has 2 aliphatic rings. The van der Waals surface area contributed by atoms with Crippen LogP contribution in [0, 0.1) is 0 Å². The fourth-order valence-corrected chi connectivity index (χ4v) is 3.98. The zero-order valence-corrected chi connectivity index (χ0v) is 16.5. The summed E-state index contributed by atoms with van der Waals surface area (Å²) < 4.78 is 0.